The van der Waals surface area contributed by atoms with Crippen LogP contribution in [0.15, 0.2) is 35.6 Å². The SMILES string of the molecule is Cn1cc(C(=O)Nc2cccc(CON=C(C#N)C#N)c2)c(C(F)F)n1. The van der Waals surface area contributed by atoms with Gasteiger partial charge >= 0.3 is 0 Å². The van der Waals surface area contributed by atoms with Gasteiger partial charge in [0.05, 0.1) is 5.56 Å². The second-order valence-corrected chi connectivity index (χ2v) is 4.99. The number of benzene rings is 1. The van der Waals surface area contributed by atoms with E-state index in [4.69, 9.17) is 15.4 Å². The maximum absolute atomic E-state index is 12.9. The Balaban J connectivity index is 2.09. The normalized spacial score (nSPS) is 9.92. The smallest absolute Gasteiger partial charge is 0.282 e. The standard InChI is InChI=1S/C16H12F2N6O2/c1-24-8-13(14(22-24)15(17)18)16(25)21-11-4-2-3-10(5-11)9-26-23-12(6-19)7-20/h2-5,8,15H,9H2,1H3,(H,21,25). The first-order valence-corrected chi connectivity index (χ1v) is 7.16. The van der Waals surface area contributed by atoms with E-state index in [0.29, 0.717) is 11.3 Å². The molecule has 2 rings (SSSR count). The summed E-state index contributed by atoms with van der Waals surface area (Å²) in [5.41, 5.74) is -0.307. The number of alkyl halides is 2. The number of aryl methyl sites for hydroxylation is 1. The summed E-state index contributed by atoms with van der Waals surface area (Å²) < 4.78 is 27.0. The van der Waals surface area contributed by atoms with Crippen LogP contribution in [0.25, 0.3) is 0 Å². The molecule has 0 aliphatic heterocycles. The Labute approximate surface area is 146 Å². The van der Waals surface area contributed by atoms with Gasteiger partial charge in [0, 0.05) is 18.9 Å². The number of oxime groups is 1. The molecule has 1 heterocycles. The van der Waals surface area contributed by atoms with E-state index in [1.54, 1.807) is 36.4 Å². The fraction of sp³-hybridized carbons (Fsp3) is 0.188. The molecule has 2 aromatic rings. The highest BCUT2D eigenvalue weighted by atomic mass is 19.3. The third-order valence-electron chi connectivity index (χ3n) is 3.09. The van der Waals surface area contributed by atoms with Crippen molar-refractivity contribution in [2.24, 2.45) is 12.2 Å². The lowest BCUT2D eigenvalue weighted by molar-refractivity contribution is 0.101. The lowest BCUT2D eigenvalue weighted by Gasteiger charge is -2.07. The van der Waals surface area contributed by atoms with E-state index >= 15 is 0 Å². The molecule has 0 aliphatic carbocycles. The van der Waals surface area contributed by atoms with E-state index < -0.39 is 23.7 Å². The van der Waals surface area contributed by atoms with Gasteiger partial charge in [0.15, 0.2) is 0 Å². The van der Waals surface area contributed by atoms with Crippen LogP contribution in [-0.2, 0) is 18.5 Å². The predicted molar refractivity (Wildman–Crippen MR) is 86.0 cm³/mol. The van der Waals surface area contributed by atoms with E-state index in [1.165, 1.54) is 13.2 Å². The molecule has 1 N–H and O–H groups in total. The number of aromatic nitrogens is 2. The van der Waals surface area contributed by atoms with Crippen LogP contribution in [0.4, 0.5) is 14.5 Å². The molecule has 0 aliphatic rings. The summed E-state index contributed by atoms with van der Waals surface area (Å²) in [4.78, 5) is 17.1. The van der Waals surface area contributed by atoms with E-state index in [9.17, 15) is 13.6 Å². The van der Waals surface area contributed by atoms with Crippen LogP contribution < -0.4 is 5.32 Å². The molecule has 1 aromatic carbocycles. The molecule has 10 heteroatoms. The highest BCUT2D eigenvalue weighted by Crippen LogP contribution is 2.22. The van der Waals surface area contributed by atoms with Gasteiger partial charge in [-0.05, 0) is 17.7 Å². The van der Waals surface area contributed by atoms with E-state index in [0.717, 1.165) is 4.68 Å². The van der Waals surface area contributed by atoms with Crippen molar-refractivity contribution in [3.63, 3.8) is 0 Å². The zero-order chi connectivity index (χ0) is 19.1. The molecule has 0 atom stereocenters. The number of halogens is 2. The largest absolute Gasteiger partial charge is 0.389 e. The average molecular weight is 358 g/mol. The topological polar surface area (TPSA) is 116 Å². The number of nitriles is 2. The number of nitrogens with zero attached hydrogens (tertiary/aromatic N) is 5. The second kappa shape index (κ2) is 8.35. The van der Waals surface area contributed by atoms with Crippen molar-refractivity contribution in [2.45, 2.75) is 13.0 Å². The van der Waals surface area contributed by atoms with Crippen molar-refractivity contribution in [1.82, 2.24) is 9.78 Å². The van der Waals surface area contributed by atoms with Gasteiger partial charge in [0.2, 0.25) is 0 Å². The summed E-state index contributed by atoms with van der Waals surface area (Å²) in [5.74, 6) is -0.722. The van der Waals surface area contributed by atoms with Gasteiger partial charge in [0.25, 0.3) is 18.0 Å². The van der Waals surface area contributed by atoms with Gasteiger partial charge < -0.3 is 10.2 Å². The van der Waals surface area contributed by atoms with Gasteiger partial charge in [-0.3, -0.25) is 9.48 Å². The number of carbonyl (C=O) groups excluding carboxylic acids is 1. The Kier molecular flexibility index (Phi) is 5.96. The third kappa shape index (κ3) is 4.61. The fourth-order valence-electron chi connectivity index (χ4n) is 2.02. The number of hydrogen-bond acceptors (Lipinski definition) is 6. The molecule has 1 aromatic heterocycles. The van der Waals surface area contributed by atoms with Crippen molar-refractivity contribution < 1.29 is 18.4 Å². The molecule has 132 valence electrons. The first kappa shape index (κ1) is 18.5. The Morgan fingerprint density at radius 2 is 2.15 bits per heavy atom. The van der Waals surface area contributed by atoms with Crippen molar-refractivity contribution in [3.05, 3.63) is 47.3 Å². The molecule has 0 radical (unpaired) electrons. The summed E-state index contributed by atoms with van der Waals surface area (Å²) in [7, 11) is 1.44. The predicted octanol–water partition coefficient (Wildman–Crippen LogP) is 2.53. The van der Waals surface area contributed by atoms with Gasteiger partial charge in [-0.25, -0.2) is 8.78 Å². The van der Waals surface area contributed by atoms with Crippen LogP contribution in [-0.4, -0.2) is 21.4 Å². The number of anilines is 1. The number of carbonyl (C=O) groups is 1. The van der Waals surface area contributed by atoms with Crippen LogP contribution >= 0.6 is 0 Å². The number of nitrogens with one attached hydrogen (secondary N) is 1. The summed E-state index contributed by atoms with van der Waals surface area (Å²) in [6.07, 6.45) is -1.66. The summed E-state index contributed by atoms with van der Waals surface area (Å²) in [6.45, 7) is -0.0499. The summed E-state index contributed by atoms with van der Waals surface area (Å²) in [6, 6.07) is 9.49. The Bertz CT molecular complexity index is 908. The number of hydrogen-bond donors (Lipinski definition) is 1. The first-order chi connectivity index (χ1) is 12.4. The van der Waals surface area contributed by atoms with E-state index in [-0.39, 0.29) is 12.2 Å². The molecular formula is C16H12F2N6O2. The minimum absolute atomic E-state index is 0.0499. The molecule has 8 nitrogen and oxygen atoms in total. The van der Waals surface area contributed by atoms with Crippen molar-refractivity contribution in [3.8, 4) is 12.1 Å². The summed E-state index contributed by atoms with van der Waals surface area (Å²) in [5, 5.41) is 26.5. The van der Waals surface area contributed by atoms with Gasteiger partial charge in [-0.2, -0.15) is 15.6 Å². The van der Waals surface area contributed by atoms with Crippen molar-refractivity contribution >= 4 is 17.3 Å². The zero-order valence-electron chi connectivity index (χ0n) is 13.5. The molecule has 0 unspecified atom stereocenters. The molecule has 26 heavy (non-hydrogen) atoms. The number of rotatable bonds is 6. The maximum atomic E-state index is 12.9. The van der Waals surface area contributed by atoms with Crippen LogP contribution in [0.3, 0.4) is 0 Å². The fourth-order valence-corrected chi connectivity index (χ4v) is 2.02. The van der Waals surface area contributed by atoms with Crippen molar-refractivity contribution in [2.75, 3.05) is 5.32 Å². The molecule has 0 saturated heterocycles. The molecular weight excluding hydrogens is 346 g/mol. The molecule has 0 saturated carbocycles. The monoisotopic (exact) mass is 358 g/mol. The third-order valence-corrected chi connectivity index (χ3v) is 3.09. The first-order valence-electron chi connectivity index (χ1n) is 7.16. The molecule has 1 amide bonds. The minimum atomic E-state index is -2.87. The molecule has 0 fully saturated rings. The van der Waals surface area contributed by atoms with Gasteiger partial charge in [-0.1, -0.05) is 17.3 Å². The highest BCUT2D eigenvalue weighted by molar-refractivity contribution is 6.09. The van der Waals surface area contributed by atoms with E-state index in [1.807, 2.05) is 0 Å². The molecule has 0 bridgehead atoms. The van der Waals surface area contributed by atoms with Crippen LogP contribution in [0, 0.1) is 22.7 Å². The molecule has 0 spiro atoms. The van der Waals surface area contributed by atoms with Crippen LogP contribution in [0.2, 0.25) is 0 Å². The van der Waals surface area contributed by atoms with Crippen LogP contribution in [0.1, 0.15) is 28.0 Å². The Morgan fingerprint density at radius 1 is 1.42 bits per heavy atom. The zero-order valence-corrected chi connectivity index (χ0v) is 13.5. The number of amides is 1. The maximum Gasteiger partial charge on any atom is 0.282 e. The van der Waals surface area contributed by atoms with Crippen LogP contribution in [0.5, 0.6) is 0 Å². The average Bonchev–Trinajstić information content (AvgIpc) is 3.01. The van der Waals surface area contributed by atoms with Gasteiger partial charge in [0.1, 0.15) is 24.4 Å². The highest BCUT2D eigenvalue weighted by Gasteiger charge is 2.22. The quantitative estimate of drug-likeness (QED) is 0.629. The minimum Gasteiger partial charge on any atom is -0.389 e. The Morgan fingerprint density at radius 3 is 2.81 bits per heavy atom. The van der Waals surface area contributed by atoms with Crippen molar-refractivity contribution in [1.29, 1.82) is 10.5 Å². The van der Waals surface area contributed by atoms with E-state index in [2.05, 4.69) is 15.6 Å². The lowest BCUT2D eigenvalue weighted by atomic mass is 10.2. The second-order valence-electron chi connectivity index (χ2n) is 4.99. The summed E-state index contributed by atoms with van der Waals surface area (Å²) >= 11 is 0. The Hall–Kier alpha value is -3.79. The van der Waals surface area contributed by atoms with Gasteiger partial charge in [-0.15, -0.1) is 0 Å². The lowest BCUT2D eigenvalue weighted by Crippen LogP contribution is -2.13.